The molecule has 26 heavy (non-hydrogen) atoms. The smallest absolute Gasteiger partial charge is 0.271 e. The lowest BCUT2D eigenvalue weighted by molar-refractivity contribution is -0.119. The van der Waals surface area contributed by atoms with E-state index in [-0.39, 0.29) is 17.9 Å². The maximum Gasteiger partial charge on any atom is 0.271 e. The number of para-hydroxylation sites is 2. The summed E-state index contributed by atoms with van der Waals surface area (Å²) in [5, 5.41) is 8.43. The molecule has 0 aliphatic carbocycles. The van der Waals surface area contributed by atoms with E-state index in [0.29, 0.717) is 16.9 Å². The van der Waals surface area contributed by atoms with E-state index in [9.17, 15) is 14.4 Å². The highest BCUT2D eigenvalue weighted by Gasteiger charge is 2.35. The Balaban J connectivity index is 1.86. The number of nitrogens with two attached hydrogens (primary N) is 1. The predicted octanol–water partition coefficient (Wildman–Crippen LogP) is 1.95. The van der Waals surface area contributed by atoms with Crippen molar-refractivity contribution in [2.75, 3.05) is 10.3 Å². The van der Waals surface area contributed by atoms with Gasteiger partial charge in [0, 0.05) is 12.0 Å². The summed E-state index contributed by atoms with van der Waals surface area (Å²) in [6.07, 6.45) is 0.0955. The maximum absolute atomic E-state index is 12.6. The fraction of sp³-hybridized carbons (Fsp3) is 0.158. The first-order chi connectivity index (χ1) is 12.5. The van der Waals surface area contributed by atoms with Crippen LogP contribution < -0.4 is 16.1 Å². The van der Waals surface area contributed by atoms with Crippen molar-refractivity contribution in [1.82, 2.24) is 0 Å². The van der Waals surface area contributed by atoms with Gasteiger partial charge in [-0.2, -0.15) is 5.10 Å². The van der Waals surface area contributed by atoms with E-state index in [4.69, 9.17) is 5.73 Å². The molecule has 0 unspecified atom stereocenters. The number of benzene rings is 2. The Morgan fingerprint density at radius 2 is 1.73 bits per heavy atom. The van der Waals surface area contributed by atoms with Gasteiger partial charge in [0.25, 0.3) is 5.91 Å². The Labute approximate surface area is 150 Å². The van der Waals surface area contributed by atoms with Gasteiger partial charge in [0.15, 0.2) is 5.78 Å². The van der Waals surface area contributed by atoms with Crippen LogP contribution in [0, 0.1) is 0 Å². The van der Waals surface area contributed by atoms with Crippen LogP contribution >= 0.6 is 0 Å². The molecule has 0 bridgehead atoms. The summed E-state index contributed by atoms with van der Waals surface area (Å²) >= 11 is 0. The Kier molecular flexibility index (Phi) is 4.79. The third kappa shape index (κ3) is 3.46. The van der Waals surface area contributed by atoms with Crippen LogP contribution in [0.1, 0.15) is 23.7 Å². The quantitative estimate of drug-likeness (QED) is 0.804. The number of carbonyl (C=O) groups excluding carboxylic acids is 3. The Morgan fingerprint density at radius 1 is 1.08 bits per heavy atom. The Hall–Kier alpha value is -3.48. The first-order valence-corrected chi connectivity index (χ1v) is 8.09. The van der Waals surface area contributed by atoms with Crippen molar-refractivity contribution in [3.63, 3.8) is 0 Å². The highest BCUT2D eigenvalue weighted by atomic mass is 16.2. The standard InChI is InChI=1S/C19H18N4O3/c1-12(24)14-9-5-6-10-15(14)21-19(26)16-11-17(18(20)25)23(22-16)13-7-3-2-4-8-13/h2-10,17H,11H2,1H3,(H2,20,25)(H,21,26)/t17-/m1/s1. The molecule has 0 saturated carbocycles. The van der Waals surface area contributed by atoms with E-state index >= 15 is 0 Å². The highest BCUT2D eigenvalue weighted by molar-refractivity contribution is 6.44. The summed E-state index contributed by atoms with van der Waals surface area (Å²) in [4.78, 5) is 36.1. The zero-order valence-electron chi connectivity index (χ0n) is 14.2. The van der Waals surface area contributed by atoms with Crippen molar-refractivity contribution in [1.29, 1.82) is 0 Å². The normalized spacial score (nSPS) is 16.1. The van der Waals surface area contributed by atoms with Gasteiger partial charge in [0.05, 0.1) is 11.4 Å². The van der Waals surface area contributed by atoms with E-state index < -0.39 is 17.9 Å². The third-order valence-corrected chi connectivity index (χ3v) is 4.08. The lowest BCUT2D eigenvalue weighted by atomic mass is 10.1. The summed E-state index contributed by atoms with van der Waals surface area (Å²) in [5.74, 6) is -1.19. The average Bonchev–Trinajstić information content (AvgIpc) is 3.08. The van der Waals surface area contributed by atoms with Gasteiger partial charge in [-0.05, 0) is 31.2 Å². The SMILES string of the molecule is CC(=O)c1ccccc1NC(=O)C1=NN(c2ccccc2)[C@@H](C(N)=O)C1. The number of Topliss-reactive ketones (excluding diaryl/α,β-unsaturated/α-hetero) is 1. The second-order valence-corrected chi connectivity index (χ2v) is 5.90. The number of hydrazone groups is 1. The molecule has 7 heteroatoms. The molecule has 1 heterocycles. The van der Waals surface area contributed by atoms with Gasteiger partial charge in [0.1, 0.15) is 11.8 Å². The number of ketones is 1. The number of primary amides is 1. The van der Waals surface area contributed by atoms with Crippen molar-refractivity contribution in [2.24, 2.45) is 10.8 Å². The summed E-state index contributed by atoms with van der Waals surface area (Å²) in [5.41, 5.74) is 7.13. The van der Waals surface area contributed by atoms with Gasteiger partial charge >= 0.3 is 0 Å². The molecule has 0 radical (unpaired) electrons. The minimum atomic E-state index is -0.735. The number of carbonyl (C=O) groups is 3. The Morgan fingerprint density at radius 3 is 2.38 bits per heavy atom. The number of nitrogens with zero attached hydrogens (tertiary/aromatic N) is 2. The lowest BCUT2D eigenvalue weighted by Gasteiger charge is -2.20. The van der Waals surface area contributed by atoms with Crippen molar-refractivity contribution in [3.05, 3.63) is 60.2 Å². The molecule has 2 aromatic carbocycles. The van der Waals surface area contributed by atoms with Gasteiger partial charge < -0.3 is 11.1 Å². The third-order valence-electron chi connectivity index (χ3n) is 4.08. The number of anilines is 2. The summed E-state index contributed by atoms with van der Waals surface area (Å²) in [7, 11) is 0. The molecule has 0 saturated heterocycles. The van der Waals surface area contributed by atoms with E-state index in [2.05, 4.69) is 10.4 Å². The van der Waals surface area contributed by atoms with E-state index in [1.807, 2.05) is 18.2 Å². The van der Waals surface area contributed by atoms with Crippen LogP contribution in [-0.2, 0) is 9.59 Å². The summed E-state index contributed by atoms with van der Waals surface area (Å²) < 4.78 is 0. The molecule has 0 fully saturated rings. The molecule has 2 amide bonds. The van der Waals surface area contributed by atoms with Crippen LogP contribution in [0.3, 0.4) is 0 Å². The predicted molar refractivity (Wildman–Crippen MR) is 99.0 cm³/mol. The Bertz CT molecular complexity index is 893. The number of hydrogen-bond donors (Lipinski definition) is 2. The van der Waals surface area contributed by atoms with Gasteiger partial charge in [-0.1, -0.05) is 30.3 Å². The summed E-state index contributed by atoms with van der Waals surface area (Å²) in [6.45, 7) is 1.43. The fourth-order valence-corrected chi connectivity index (χ4v) is 2.78. The zero-order valence-corrected chi connectivity index (χ0v) is 14.2. The molecule has 1 aliphatic rings. The van der Waals surface area contributed by atoms with Crippen molar-refractivity contribution in [3.8, 4) is 0 Å². The van der Waals surface area contributed by atoms with E-state index in [0.717, 1.165) is 0 Å². The monoisotopic (exact) mass is 350 g/mol. The average molecular weight is 350 g/mol. The molecule has 0 aromatic heterocycles. The van der Waals surface area contributed by atoms with Gasteiger partial charge in [-0.3, -0.25) is 19.4 Å². The van der Waals surface area contributed by atoms with Crippen LogP contribution in [0.25, 0.3) is 0 Å². The van der Waals surface area contributed by atoms with Crippen LogP contribution in [0.4, 0.5) is 11.4 Å². The highest BCUT2D eigenvalue weighted by Crippen LogP contribution is 2.25. The van der Waals surface area contributed by atoms with Crippen molar-refractivity contribution >= 4 is 34.7 Å². The van der Waals surface area contributed by atoms with Crippen molar-refractivity contribution < 1.29 is 14.4 Å². The number of hydrogen-bond acceptors (Lipinski definition) is 5. The molecule has 2 aromatic rings. The second-order valence-electron chi connectivity index (χ2n) is 5.90. The largest absolute Gasteiger partial charge is 0.368 e. The van der Waals surface area contributed by atoms with E-state index in [1.54, 1.807) is 36.4 Å². The topological polar surface area (TPSA) is 105 Å². The van der Waals surface area contributed by atoms with Crippen LogP contribution in [-0.4, -0.2) is 29.4 Å². The van der Waals surface area contributed by atoms with Crippen LogP contribution in [0.5, 0.6) is 0 Å². The van der Waals surface area contributed by atoms with Gasteiger partial charge in [0.2, 0.25) is 5.91 Å². The molecule has 3 N–H and O–H groups in total. The van der Waals surface area contributed by atoms with Gasteiger partial charge in [-0.25, -0.2) is 0 Å². The molecule has 3 rings (SSSR count). The molecular weight excluding hydrogens is 332 g/mol. The van der Waals surface area contributed by atoms with Gasteiger partial charge in [-0.15, -0.1) is 0 Å². The molecule has 0 spiro atoms. The minimum Gasteiger partial charge on any atom is -0.368 e. The number of rotatable bonds is 5. The molecule has 132 valence electrons. The fourth-order valence-electron chi connectivity index (χ4n) is 2.78. The lowest BCUT2D eigenvalue weighted by Crippen LogP contribution is -2.39. The number of amides is 2. The van der Waals surface area contributed by atoms with E-state index in [1.165, 1.54) is 11.9 Å². The molecule has 1 aliphatic heterocycles. The maximum atomic E-state index is 12.6. The summed E-state index contributed by atoms with van der Waals surface area (Å²) in [6, 6.07) is 15.0. The molecular formula is C19H18N4O3. The van der Waals surface area contributed by atoms with Crippen LogP contribution in [0.2, 0.25) is 0 Å². The first kappa shape index (κ1) is 17.3. The van der Waals surface area contributed by atoms with Crippen molar-refractivity contribution in [2.45, 2.75) is 19.4 Å². The molecule has 1 atom stereocenters. The second kappa shape index (κ2) is 7.18. The first-order valence-electron chi connectivity index (χ1n) is 8.09. The van der Waals surface area contributed by atoms with Crippen LogP contribution in [0.15, 0.2) is 59.7 Å². The number of nitrogens with one attached hydrogen (secondary N) is 1. The molecule has 7 nitrogen and oxygen atoms in total. The minimum absolute atomic E-state index is 0.0955. The zero-order chi connectivity index (χ0) is 18.7.